The van der Waals surface area contributed by atoms with Gasteiger partial charge in [-0.2, -0.15) is 0 Å². The van der Waals surface area contributed by atoms with Gasteiger partial charge in [-0.3, -0.25) is 9.69 Å². The number of carbonyl (C=O) groups excluding carboxylic acids is 1. The van der Waals surface area contributed by atoms with Crippen LogP contribution in [0.4, 0.5) is 11.4 Å². The van der Waals surface area contributed by atoms with Crippen LogP contribution in [0.2, 0.25) is 16.6 Å². The van der Waals surface area contributed by atoms with Crippen molar-refractivity contribution in [2.45, 2.75) is 58.2 Å². The Morgan fingerprint density at radius 3 is 2.06 bits per heavy atom. The van der Waals surface area contributed by atoms with E-state index in [1.54, 1.807) is 19.1 Å². The van der Waals surface area contributed by atoms with Gasteiger partial charge in [0.2, 0.25) is 0 Å². The van der Waals surface area contributed by atoms with Gasteiger partial charge in [-0.25, -0.2) is 0 Å². The molecule has 0 aliphatic carbocycles. The van der Waals surface area contributed by atoms with E-state index in [-0.39, 0.29) is 5.91 Å². The first-order valence-electron chi connectivity index (χ1n) is 11.2. The molecule has 2 aromatic carbocycles. The molecule has 5 nitrogen and oxygen atoms in total. The average Bonchev–Trinajstić information content (AvgIpc) is 2.76. The van der Waals surface area contributed by atoms with E-state index < -0.39 is 8.07 Å². The van der Waals surface area contributed by atoms with Crippen molar-refractivity contribution in [2.75, 3.05) is 19.1 Å². The summed E-state index contributed by atoms with van der Waals surface area (Å²) in [5.74, 6) is 2.12. The monoisotopic (exact) mass is 453 g/mol. The van der Waals surface area contributed by atoms with Crippen LogP contribution in [0.25, 0.3) is 0 Å². The number of hydrogen-bond acceptors (Lipinski definition) is 4. The molecule has 0 N–H and O–H groups in total. The van der Waals surface area contributed by atoms with Crippen LogP contribution < -0.4 is 19.1 Å². The van der Waals surface area contributed by atoms with Crippen LogP contribution in [-0.4, -0.2) is 28.2 Å². The Kier molecular flexibility index (Phi) is 7.03. The third-order valence-corrected chi connectivity index (χ3v) is 13.5. The lowest BCUT2D eigenvalue weighted by molar-refractivity contribution is -0.116. The Hall–Kier alpha value is -2.73. The molecule has 0 bridgehead atoms. The highest BCUT2D eigenvalue weighted by Gasteiger charge is 2.44. The van der Waals surface area contributed by atoms with Gasteiger partial charge in [0, 0.05) is 6.07 Å². The van der Waals surface area contributed by atoms with Crippen LogP contribution in [0.15, 0.2) is 53.9 Å². The molecule has 2 aromatic rings. The first-order chi connectivity index (χ1) is 15.2. The first-order valence-corrected chi connectivity index (χ1v) is 13.5. The van der Waals surface area contributed by atoms with E-state index in [9.17, 15) is 4.79 Å². The summed E-state index contributed by atoms with van der Waals surface area (Å²) in [4.78, 5) is 15.6. The summed E-state index contributed by atoms with van der Waals surface area (Å²) in [6, 6.07) is 13.1. The maximum absolute atomic E-state index is 14.0. The Labute approximate surface area is 193 Å². The van der Waals surface area contributed by atoms with Gasteiger partial charge in [-0.15, -0.1) is 0 Å². The van der Waals surface area contributed by atoms with Gasteiger partial charge in [-0.1, -0.05) is 53.7 Å². The molecule has 1 amide bonds. The Morgan fingerprint density at radius 1 is 0.875 bits per heavy atom. The Bertz CT molecular complexity index is 991. The van der Waals surface area contributed by atoms with E-state index in [1.807, 2.05) is 42.5 Å². The number of para-hydroxylation sites is 2. The third kappa shape index (κ3) is 4.04. The highest BCUT2D eigenvalue weighted by atomic mass is 28.3. The maximum Gasteiger partial charge on any atom is 0.298 e. The predicted molar refractivity (Wildman–Crippen MR) is 133 cm³/mol. The largest absolute Gasteiger partial charge is 0.497 e. The van der Waals surface area contributed by atoms with Gasteiger partial charge < -0.3 is 14.2 Å². The molecule has 32 heavy (non-hydrogen) atoms. The summed E-state index contributed by atoms with van der Waals surface area (Å²) in [5, 5.41) is 0. The van der Waals surface area contributed by atoms with Crippen LogP contribution in [0.1, 0.15) is 41.5 Å². The molecule has 0 atom stereocenters. The summed E-state index contributed by atoms with van der Waals surface area (Å²) in [7, 11) is 1.18. The van der Waals surface area contributed by atoms with Crippen molar-refractivity contribution in [3.05, 3.63) is 53.9 Å². The third-order valence-electron chi connectivity index (χ3n) is 6.75. The van der Waals surface area contributed by atoms with Crippen LogP contribution in [0.3, 0.4) is 0 Å². The molecule has 0 radical (unpaired) electrons. The van der Waals surface area contributed by atoms with Crippen molar-refractivity contribution in [2.24, 2.45) is 0 Å². The molecule has 1 heterocycles. The lowest BCUT2D eigenvalue weighted by atomic mass is 10.1. The summed E-state index contributed by atoms with van der Waals surface area (Å²) in [6.45, 7) is 13.6. The number of nitrogens with zero attached hydrogens (tertiary/aromatic N) is 1. The molecule has 0 aromatic heterocycles. The minimum atomic E-state index is -2.04. The van der Waals surface area contributed by atoms with E-state index in [0.29, 0.717) is 51.0 Å². The number of anilines is 2. The van der Waals surface area contributed by atoms with E-state index in [1.165, 1.54) is 0 Å². The second kappa shape index (κ2) is 9.41. The number of hydrogen-bond donors (Lipinski definition) is 0. The van der Waals surface area contributed by atoms with Crippen molar-refractivity contribution in [3.8, 4) is 17.2 Å². The predicted octanol–water partition coefficient (Wildman–Crippen LogP) is 6.86. The van der Waals surface area contributed by atoms with Gasteiger partial charge >= 0.3 is 0 Å². The molecular weight excluding hydrogens is 418 g/mol. The van der Waals surface area contributed by atoms with Gasteiger partial charge in [0.1, 0.15) is 11.5 Å². The number of methoxy groups -OCH3 is 2. The van der Waals surface area contributed by atoms with E-state index in [2.05, 4.69) is 47.2 Å². The number of benzene rings is 2. The number of fused-ring (bicyclic) bond motifs is 1. The van der Waals surface area contributed by atoms with Crippen LogP contribution in [0.5, 0.6) is 17.2 Å². The zero-order valence-corrected chi connectivity index (χ0v) is 21.4. The molecule has 3 rings (SSSR count). The smallest absolute Gasteiger partial charge is 0.298 e. The number of rotatable bonds is 7. The lowest BCUT2D eigenvalue weighted by Gasteiger charge is -2.41. The lowest BCUT2D eigenvalue weighted by Crippen LogP contribution is -2.45. The van der Waals surface area contributed by atoms with Crippen molar-refractivity contribution >= 4 is 25.4 Å². The molecule has 0 saturated heterocycles. The molecule has 172 valence electrons. The molecule has 0 fully saturated rings. The second-order valence-electron chi connectivity index (χ2n) is 9.22. The topological polar surface area (TPSA) is 48.0 Å². The van der Waals surface area contributed by atoms with Crippen molar-refractivity contribution < 1.29 is 19.0 Å². The Morgan fingerprint density at radius 2 is 1.50 bits per heavy atom. The zero-order valence-electron chi connectivity index (χ0n) is 20.4. The minimum absolute atomic E-state index is 0.186. The standard InChI is InChI=1S/C26H35NO4Si/c1-17(2)32(18(3)4,19(5)6)16-25-26(28)27(21-11-9-10-12-23(21)30-8)22-15-20(29-7)13-14-24(22)31-25/h9-19H,1-8H3/b25-16-. The molecule has 0 unspecified atom stereocenters. The number of carbonyl (C=O) groups is 1. The molecule has 0 spiro atoms. The minimum Gasteiger partial charge on any atom is -0.497 e. The van der Waals surface area contributed by atoms with Gasteiger partial charge in [0.25, 0.3) is 5.91 Å². The van der Waals surface area contributed by atoms with Crippen molar-refractivity contribution in [1.82, 2.24) is 0 Å². The fourth-order valence-corrected chi connectivity index (χ4v) is 10.8. The van der Waals surface area contributed by atoms with Crippen LogP contribution in [0, 0.1) is 0 Å². The highest BCUT2D eigenvalue weighted by Crippen LogP contribution is 2.47. The summed E-state index contributed by atoms with van der Waals surface area (Å²) >= 11 is 0. The van der Waals surface area contributed by atoms with Crippen molar-refractivity contribution in [3.63, 3.8) is 0 Å². The summed E-state index contributed by atoms with van der Waals surface area (Å²) in [5.41, 5.74) is 4.90. The quantitative estimate of drug-likeness (QED) is 0.339. The van der Waals surface area contributed by atoms with Gasteiger partial charge in [0.15, 0.2) is 11.5 Å². The van der Waals surface area contributed by atoms with Gasteiger partial charge in [0.05, 0.1) is 33.7 Å². The zero-order chi connectivity index (χ0) is 23.6. The average molecular weight is 454 g/mol. The highest BCUT2D eigenvalue weighted by molar-refractivity contribution is 6.88. The maximum atomic E-state index is 14.0. The molecule has 0 saturated carbocycles. The second-order valence-corrected chi connectivity index (χ2v) is 15.0. The summed E-state index contributed by atoms with van der Waals surface area (Å²) < 4.78 is 17.3. The number of amides is 1. The fourth-order valence-electron chi connectivity index (χ4n) is 5.14. The van der Waals surface area contributed by atoms with E-state index in [4.69, 9.17) is 14.2 Å². The van der Waals surface area contributed by atoms with E-state index >= 15 is 0 Å². The molecule has 1 aliphatic heterocycles. The Balaban J connectivity index is 2.26. The fraction of sp³-hybridized carbons (Fsp3) is 0.423. The molecule has 6 heteroatoms. The molecular formula is C26H35NO4Si. The van der Waals surface area contributed by atoms with Gasteiger partial charge in [-0.05, 0) is 46.6 Å². The van der Waals surface area contributed by atoms with Crippen molar-refractivity contribution in [1.29, 1.82) is 0 Å². The van der Waals surface area contributed by atoms with Crippen LogP contribution >= 0.6 is 0 Å². The summed E-state index contributed by atoms with van der Waals surface area (Å²) in [6.07, 6.45) is 0. The van der Waals surface area contributed by atoms with Crippen LogP contribution in [-0.2, 0) is 4.79 Å². The SMILES string of the molecule is COc1ccc2c(c1)N(c1ccccc1OC)C(=O)/C(=C/[Si](C(C)C)(C(C)C)C(C)C)O2. The normalized spacial score (nSPS) is 15.4. The number of ether oxygens (including phenoxy) is 3. The first kappa shape index (κ1) is 23.9. The van der Waals surface area contributed by atoms with E-state index in [0.717, 1.165) is 0 Å². The molecule has 1 aliphatic rings.